The summed E-state index contributed by atoms with van der Waals surface area (Å²) in [6.45, 7) is 3.58. The molecule has 10 N–H and O–H groups in total. The summed E-state index contributed by atoms with van der Waals surface area (Å²) in [5, 5.41) is 11.7. The van der Waals surface area contributed by atoms with E-state index in [4.69, 9.17) is 5.73 Å². The number of nitrogens with two attached hydrogens (primary N) is 1. The zero-order chi connectivity index (χ0) is 17.6. The number of carbonyl (C=O) groups excluding carboxylic acids is 2. The molecule has 0 bridgehead atoms. The van der Waals surface area contributed by atoms with E-state index in [2.05, 4.69) is 5.32 Å². The molecule has 28 heavy (non-hydrogen) atoms. The van der Waals surface area contributed by atoms with E-state index >= 15 is 0 Å². The molecule has 2 saturated heterocycles. The van der Waals surface area contributed by atoms with Crippen LogP contribution in [0.3, 0.4) is 0 Å². The third-order valence-electron chi connectivity index (χ3n) is 4.41. The Labute approximate surface area is 188 Å². The molecule has 1 unspecified atom stereocenters. The molecule has 2 aliphatic rings. The molecule has 0 aliphatic carbocycles. The van der Waals surface area contributed by atoms with Gasteiger partial charge in [-0.1, -0.05) is 30.3 Å². The topological polar surface area (TPSA) is 207 Å². The summed E-state index contributed by atoms with van der Waals surface area (Å²) in [5.41, 5.74) is 6.59. The SMILES string of the molecule is CC1(C)S[C@@H]2[C@H](NC(=O)C(N)c3ccccc3)C(=O)N2[C@H]1C(=O)O.O.O.O.[NaH]. The summed E-state index contributed by atoms with van der Waals surface area (Å²) in [6.07, 6.45) is 0. The fraction of sp³-hybridized carbons (Fsp3) is 0.438. The second kappa shape index (κ2) is 10.6. The first kappa shape index (κ1) is 29.0. The van der Waals surface area contributed by atoms with Gasteiger partial charge >= 0.3 is 35.5 Å². The second-order valence-corrected chi connectivity index (χ2v) is 8.24. The Bertz CT molecular complexity index is 707. The Morgan fingerprint density at radius 2 is 1.75 bits per heavy atom. The maximum absolute atomic E-state index is 12.3. The molecule has 0 radical (unpaired) electrons. The number of nitrogens with zero attached hydrogens (tertiary/aromatic N) is 1. The number of aliphatic carboxylic acids is 1. The molecular formula is C16H26N3NaO7S. The molecule has 2 aliphatic heterocycles. The van der Waals surface area contributed by atoms with Crippen molar-refractivity contribution in [1.82, 2.24) is 10.2 Å². The minimum atomic E-state index is -1.03. The van der Waals surface area contributed by atoms with Gasteiger partial charge in [-0.25, -0.2) is 4.79 Å². The van der Waals surface area contributed by atoms with Crippen molar-refractivity contribution in [3.05, 3.63) is 35.9 Å². The van der Waals surface area contributed by atoms with Gasteiger partial charge in [0.05, 0.1) is 0 Å². The van der Waals surface area contributed by atoms with Crippen molar-refractivity contribution >= 4 is 59.1 Å². The van der Waals surface area contributed by atoms with E-state index in [0.717, 1.165) is 0 Å². The van der Waals surface area contributed by atoms with Crippen LogP contribution in [0.1, 0.15) is 25.5 Å². The second-order valence-electron chi connectivity index (χ2n) is 6.47. The van der Waals surface area contributed by atoms with Crippen molar-refractivity contribution in [1.29, 1.82) is 0 Å². The monoisotopic (exact) mass is 427 g/mol. The maximum atomic E-state index is 12.3. The first-order chi connectivity index (χ1) is 11.2. The summed E-state index contributed by atoms with van der Waals surface area (Å²) >= 11 is 1.38. The van der Waals surface area contributed by atoms with Crippen LogP contribution in [-0.4, -0.2) is 96.0 Å². The van der Waals surface area contributed by atoms with Crippen molar-refractivity contribution in [2.75, 3.05) is 0 Å². The predicted molar refractivity (Wildman–Crippen MR) is 107 cm³/mol. The summed E-state index contributed by atoms with van der Waals surface area (Å²) in [7, 11) is 0. The molecule has 0 aromatic heterocycles. The van der Waals surface area contributed by atoms with Crippen LogP contribution in [0.25, 0.3) is 0 Å². The number of thioether (sulfide) groups is 1. The Hall–Kier alpha value is -1.18. The average Bonchev–Trinajstić information content (AvgIpc) is 2.80. The molecule has 3 rings (SSSR count). The minimum absolute atomic E-state index is 0. The number of carbonyl (C=O) groups is 3. The van der Waals surface area contributed by atoms with E-state index in [-0.39, 0.29) is 57.3 Å². The van der Waals surface area contributed by atoms with E-state index in [9.17, 15) is 19.5 Å². The summed E-state index contributed by atoms with van der Waals surface area (Å²) in [6, 6.07) is 6.38. The summed E-state index contributed by atoms with van der Waals surface area (Å²) in [5.74, 6) is -1.86. The van der Waals surface area contributed by atoms with E-state index in [0.29, 0.717) is 5.56 Å². The molecule has 0 spiro atoms. The number of β-lactam (4-membered cyclic amide) rings is 1. The first-order valence-electron chi connectivity index (χ1n) is 7.58. The molecule has 2 heterocycles. The number of amides is 2. The van der Waals surface area contributed by atoms with Gasteiger partial charge in [-0.3, -0.25) is 9.59 Å². The van der Waals surface area contributed by atoms with Gasteiger partial charge in [0.1, 0.15) is 23.5 Å². The van der Waals surface area contributed by atoms with Crippen LogP contribution in [0.5, 0.6) is 0 Å². The Morgan fingerprint density at radius 1 is 1.21 bits per heavy atom. The van der Waals surface area contributed by atoms with Crippen LogP contribution >= 0.6 is 11.8 Å². The number of carboxylic acid groups (broad SMARTS) is 1. The zero-order valence-electron chi connectivity index (χ0n) is 14.8. The van der Waals surface area contributed by atoms with Crippen molar-refractivity contribution in [2.45, 2.75) is 42.1 Å². The molecule has 12 heteroatoms. The van der Waals surface area contributed by atoms with Gasteiger partial charge in [-0.05, 0) is 19.4 Å². The number of hydrogen-bond donors (Lipinski definition) is 3. The number of fused-ring (bicyclic) bond motifs is 1. The molecule has 0 saturated carbocycles. The zero-order valence-corrected chi connectivity index (χ0v) is 15.6. The molecule has 1 aromatic carbocycles. The van der Waals surface area contributed by atoms with Crippen molar-refractivity contribution in [3.8, 4) is 0 Å². The van der Waals surface area contributed by atoms with Gasteiger partial charge in [-0.15, -0.1) is 11.8 Å². The van der Waals surface area contributed by atoms with Crippen molar-refractivity contribution < 1.29 is 35.9 Å². The van der Waals surface area contributed by atoms with E-state index < -0.39 is 34.7 Å². The molecule has 154 valence electrons. The predicted octanol–water partition coefficient (Wildman–Crippen LogP) is -2.80. The first-order valence-corrected chi connectivity index (χ1v) is 8.45. The van der Waals surface area contributed by atoms with Crippen LogP contribution < -0.4 is 11.1 Å². The Morgan fingerprint density at radius 3 is 2.25 bits per heavy atom. The molecule has 10 nitrogen and oxygen atoms in total. The van der Waals surface area contributed by atoms with Crippen LogP contribution in [0, 0.1) is 0 Å². The van der Waals surface area contributed by atoms with Crippen LogP contribution in [0.2, 0.25) is 0 Å². The molecule has 2 fully saturated rings. The standard InChI is InChI=1S/C16H19N3O4S.Na.3H2O.H/c1-16(2)11(15(22)23)19-13(21)10(14(19)24-16)18-12(20)9(17)8-6-4-3-5-7-8;;;;;/h3-7,9-11,14H,17H2,1-2H3,(H,18,20)(H,22,23);;3*1H2;/t9?,10-,11+,14-;;;;;/m1...../s1. The summed E-state index contributed by atoms with van der Waals surface area (Å²) in [4.78, 5) is 37.5. The van der Waals surface area contributed by atoms with Crippen LogP contribution in [0.4, 0.5) is 0 Å². The number of carboxylic acids is 1. The molecular weight excluding hydrogens is 401 g/mol. The quantitative estimate of drug-likeness (QED) is 0.341. The fourth-order valence-electron chi connectivity index (χ4n) is 3.20. The van der Waals surface area contributed by atoms with E-state index in [1.54, 1.807) is 38.1 Å². The molecule has 1 aromatic rings. The number of hydrogen-bond acceptors (Lipinski definition) is 5. The van der Waals surface area contributed by atoms with Gasteiger partial charge in [0.15, 0.2) is 0 Å². The number of benzene rings is 1. The average molecular weight is 427 g/mol. The third kappa shape index (κ3) is 4.86. The third-order valence-corrected chi connectivity index (χ3v) is 5.99. The van der Waals surface area contributed by atoms with Crippen molar-refractivity contribution in [3.63, 3.8) is 0 Å². The Balaban J connectivity index is 0. The molecule has 4 atom stereocenters. The van der Waals surface area contributed by atoms with Gasteiger partial charge in [-0.2, -0.15) is 0 Å². The molecule has 2 amide bonds. The van der Waals surface area contributed by atoms with E-state index in [1.165, 1.54) is 16.7 Å². The Kier molecular flexibility index (Phi) is 10.9. The van der Waals surface area contributed by atoms with Crippen LogP contribution in [0.15, 0.2) is 30.3 Å². The van der Waals surface area contributed by atoms with Crippen molar-refractivity contribution in [2.24, 2.45) is 5.73 Å². The van der Waals surface area contributed by atoms with Crippen LogP contribution in [-0.2, 0) is 14.4 Å². The van der Waals surface area contributed by atoms with E-state index in [1.807, 2.05) is 6.07 Å². The van der Waals surface area contributed by atoms with Gasteiger partial charge < -0.3 is 37.5 Å². The summed E-state index contributed by atoms with van der Waals surface area (Å²) < 4.78 is -0.618. The number of nitrogens with one attached hydrogen (secondary N) is 1. The van der Waals surface area contributed by atoms with Gasteiger partial charge in [0.25, 0.3) is 0 Å². The van der Waals surface area contributed by atoms with Gasteiger partial charge in [0.2, 0.25) is 11.8 Å². The fourth-order valence-corrected chi connectivity index (χ4v) is 4.83. The normalized spacial score (nSPS) is 24.6. The van der Waals surface area contributed by atoms with Gasteiger partial charge in [0, 0.05) is 4.75 Å². The number of rotatable bonds is 4.